The van der Waals surface area contributed by atoms with Gasteiger partial charge in [0.25, 0.3) is 0 Å². The van der Waals surface area contributed by atoms with E-state index < -0.39 is 0 Å². The maximum absolute atomic E-state index is 12.7. The summed E-state index contributed by atoms with van der Waals surface area (Å²) in [5.41, 5.74) is 1.86. The first-order valence-electron chi connectivity index (χ1n) is 10.3. The number of fused-ring (bicyclic) bond motifs is 1. The van der Waals surface area contributed by atoms with Gasteiger partial charge in [-0.3, -0.25) is 9.69 Å². The number of nitriles is 1. The highest BCUT2D eigenvalue weighted by Crippen LogP contribution is 2.39. The molecular formula is C21H32N4O2S. The van der Waals surface area contributed by atoms with Crippen molar-refractivity contribution in [2.45, 2.75) is 45.1 Å². The summed E-state index contributed by atoms with van der Waals surface area (Å²) < 4.78 is 5.15. The van der Waals surface area contributed by atoms with Gasteiger partial charge in [-0.1, -0.05) is 6.92 Å². The molecule has 2 atom stereocenters. The van der Waals surface area contributed by atoms with E-state index in [0.717, 1.165) is 63.3 Å². The van der Waals surface area contributed by atoms with Crippen molar-refractivity contribution in [3.8, 4) is 6.07 Å². The van der Waals surface area contributed by atoms with Crippen molar-refractivity contribution in [1.82, 2.24) is 9.80 Å². The van der Waals surface area contributed by atoms with E-state index in [9.17, 15) is 10.1 Å². The number of methoxy groups -OCH3 is 1. The van der Waals surface area contributed by atoms with Crippen molar-refractivity contribution in [2.75, 3.05) is 52.3 Å². The molecule has 0 radical (unpaired) electrons. The molecule has 1 aromatic heterocycles. The number of hydrogen-bond donors (Lipinski definition) is 1. The minimum atomic E-state index is -0.00501. The molecule has 7 heteroatoms. The Morgan fingerprint density at radius 3 is 3.04 bits per heavy atom. The molecule has 2 aliphatic rings. The van der Waals surface area contributed by atoms with Gasteiger partial charge in [-0.15, -0.1) is 11.3 Å². The van der Waals surface area contributed by atoms with Crippen LogP contribution in [0.15, 0.2) is 0 Å². The Morgan fingerprint density at radius 1 is 1.46 bits per heavy atom. The number of hydrogen-bond acceptors (Lipinski definition) is 6. The number of ether oxygens (including phenoxy) is 1. The fourth-order valence-electron chi connectivity index (χ4n) is 4.32. The maximum Gasteiger partial charge on any atom is 0.239 e. The molecule has 154 valence electrons. The van der Waals surface area contributed by atoms with Gasteiger partial charge in [-0.2, -0.15) is 5.26 Å². The lowest BCUT2D eigenvalue weighted by Crippen LogP contribution is -2.43. The van der Waals surface area contributed by atoms with Crippen LogP contribution in [-0.4, -0.2) is 68.7 Å². The van der Waals surface area contributed by atoms with Gasteiger partial charge in [0.1, 0.15) is 11.1 Å². The number of likely N-dealkylation sites (N-methyl/N-ethyl adjacent to an activating group) is 1. The van der Waals surface area contributed by atoms with Crippen LogP contribution in [0, 0.1) is 17.2 Å². The first kappa shape index (κ1) is 21.3. The van der Waals surface area contributed by atoms with Gasteiger partial charge in [0.15, 0.2) is 0 Å². The molecule has 28 heavy (non-hydrogen) atoms. The van der Waals surface area contributed by atoms with E-state index in [0.29, 0.717) is 24.1 Å². The van der Waals surface area contributed by atoms with E-state index in [1.165, 1.54) is 10.4 Å². The minimum Gasteiger partial charge on any atom is -0.383 e. The van der Waals surface area contributed by atoms with Crippen LogP contribution in [0.3, 0.4) is 0 Å². The Bertz CT molecular complexity index is 727. The average Bonchev–Trinajstić information content (AvgIpc) is 3.22. The Balaban J connectivity index is 1.59. The third-order valence-corrected chi connectivity index (χ3v) is 7.09. The van der Waals surface area contributed by atoms with Gasteiger partial charge in [-0.25, -0.2) is 0 Å². The average molecular weight is 405 g/mol. The van der Waals surface area contributed by atoms with Crippen molar-refractivity contribution < 1.29 is 9.53 Å². The van der Waals surface area contributed by atoms with E-state index in [2.05, 4.69) is 35.2 Å². The number of carbonyl (C=O) groups excluding carboxylic acids is 1. The van der Waals surface area contributed by atoms with Crippen molar-refractivity contribution in [3.05, 3.63) is 16.0 Å². The fraction of sp³-hybridized carbons (Fsp3) is 0.714. The number of rotatable bonds is 8. The van der Waals surface area contributed by atoms with E-state index in [1.54, 1.807) is 18.4 Å². The third-order valence-electron chi connectivity index (χ3n) is 5.92. The summed E-state index contributed by atoms with van der Waals surface area (Å²) in [5, 5.41) is 13.4. The van der Waals surface area contributed by atoms with Gasteiger partial charge in [0, 0.05) is 31.1 Å². The zero-order valence-electron chi connectivity index (χ0n) is 17.3. The van der Waals surface area contributed by atoms with Crippen LogP contribution in [0.2, 0.25) is 0 Å². The molecule has 0 aromatic carbocycles. The number of carbonyl (C=O) groups is 1. The van der Waals surface area contributed by atoms with Gasteiger partial charge in [-0.05, 0) is 57.2 Å². The lowest BCUT2D eigenvalue weighted by Gasteiger charge is -2.28. The monoisotopic (exact) mass is 404 g/mol. The molecule has 1 amide bonds. The number of amides is 1. The van der Waals surface area contributed by atoms with Crippen LogP contribution in [0.25, 0.3) is 0 Å². The second-order valence-corrected chi connectivity index (χ2v) is 9.34. The second kappa shape index (κ2) is 9.84. The Morgan fingerprint density at radius 2 is 2.29 bits per heavy atom. The van der Waals surface area contributed by atoms with Crippen LogP contribution in [0.5, 0.6) is 0 Å². The highest BCUT2D eigenvalue weighted by atomic mass is 32.1. The molecule has 0 saturated carbocycles. The van der Waals surface area contributed by atoms with E-state index in [-0.39, 0.29) is 5.91 Å². The van der Waals surface area contributed by atoms with Crippen LogP contribution in [-0.2, 0) is 22.4 Å². The Kier molecular flexibility index (Phi) is 7.47. The Hall–Kier alpha value is -1.46. The van der Waals surface area contributed by atoms with Crippen LogP contribution in [0.1, 0.15) is 42.2 Å². The largest absolute Gasteiger partial charge is 0.383 e. The lowest BCUT2D eigenvalue weighted by molar-refractivity contribution is -0.117. The molecule has 1 fully saturated rings. The van der Waals surface area contributed by atoms with Gasteiger partial charge in [0.2, 0.25) is 5.91 Å². The number of nitrogens with one attached hydrogen (secondary N) is 1. The quantitative estimate of drug-likeness (QED) is 0.722. The zero-order valence-corrected chi connectivity index (χ0v) is 18.1. The van der Waals surface area contributed by atoms with Gasteiger partial charge in [0.05, 0.1) is 18.7 Å². The van der Waals surface area contributed by atoms with Crippen molar-refractivity contribution in [1.29, 1.82) is 5.26 Å². The highest BCUT2D eigenvalue weighted by Gasteiger charge is 2.29. The predicted molar refractivity (Wildman–Crippen MR) is 113 cm³/mol. The van der Waals surface area contributed by atoms with Crippen molar-refractivity contribution >= 4 is 22.2 Å². The second-order valence-electron chi connectivity index (χ2n) is 8.24. The highest BCUT2D eigenvalue weighted by molar-refractivity contribution is 7.16. The first-order valence-corrected chi connectivity index (χ1v) is 11.1. The van der Waals surface area contributed by atoms with Crippen LogP contribution in [0.4, 0.5) is 5.00 Å². The van der Waals surface area contributed by atoms with Crippen LogP contribution >= 0.6 is 11.3 Å². The molecule has 1 aliphatic carbocycles. The molecule has 0 spiro atoms. The standard InChI is InChI=1S/C21H32N4O2S/c1-15-6-7-17-18(12-22)21(28-19(17)11-15)23-20(26)14-25-8-4-5-16(25)13-24(2)9-10-27-3/h15-16H,4-11,13-14H2,1-3H3,(H,23,26)/t15-,16+/m0/s1. The van der Waals surface area contributed by atoms with Crippen molar-refractivity contribution in [2.24, 2.45) is 5.92 Å². The van der Waals surface area contributed by atoms with Gasteiger partial charge >= 0.3 is 0 Å². The molecule has 1 aliphatic heterocycles. The molecule has 1 N–H and O–H groups in total. The predicted octanol–water partition coefficient (Wildman–Crippen LogP) is 2.73. The molecule has 1 saturated heterocycles. The molecule has 2 heterocycles. The summed E-state index contributed by atoms with van der Waals surface area (Å²) in [6.45, 7) is 6.18. The minimum absolute atomic E-state index is 0.00501. The lowest BCUT2D eigenvalue weighted by atomic mass is 9.89. The normalized spacial score (nSPS) is 22.2. The summed E-state index contributed by atoms with van der Waals surface area (Å²) >= 11 is 1.60. The summed E-state index contributed by atoms with van der Waals surface area (Å²) in [4.78, 5) is 18.6. The summed E-state index contributed by atoms with van der Waals surface area (Å²) in [5.74, 6) is 0.649. The smallest absolute Gasteiger partial charge is 0.239 e. The fourth-order valence-corrected chi connectivity index (χ4v) is 5.69. The number of thiophene rings is 1. The van der Waals surface area contributed by atoms with E-state index in [4.69, 9.17) is 4.74 Å². The van der Waals surface area contributed by atoms with Crippen LogP contribution < -0.4 is 5.32 Å². The third kappa shape index (κ3) is 5.12. The number of likely N-dealkylation sites (tertiary alicyclic amines) is 1. The molecule has 6 nitrogen and oxygen atoms in total. The summed E-state index contributed by atoms with van der Waals surface area (Å²) in [7, 11) is 3.82. The van der Waals surface area contributed by atoms with E-state index in [1.807, 2.05) is 0 Å². The first-order chi connectivity index (χ1) is 13.5. The van der Waals surface area contributed by atoms with E-state index >= 15 is 0 Å². The molecule has 0 bridgehead atoms. The van der Waals surface area contributed by atoms with Crippen molar-refractivity contribution in [3.63, 3.8) is 0 Å². The Labute approximate surface area is 172 Å². The summed E-state index contributed by atoms with van der Waals surface area (Å²) in [6.07, 6.45) is 5.35. The van der Waals surface area contributed by atoms with Gasteiger partial charge < -0.3 is 15.0 Å². The molecular weight excluding hydrogens is 372 g/mol. The number of anilines is 1. The molecule has 1 aromatic rings. The molecule has 3 rings (SSSR count). The summed E-state index contributed by atoms with van der Waals surface area (Å²) in [6, 6.07) is 2.74. The topological polar surface area (TPSA) is 68.6 Å². The SMILES string of the molecule is COCCN(C)C[C@H]1CCCN1CC(=O)Nc1sc2c(c1C#N)CC[C@H](C)C2. The zero-order chi connectivity index (χ0) is 20.1. The maximum atomic E-state index is 12.7. The molecule has 0 unspecified atom stereocenters. The number of nitrogens with zero attached hydrogens (tertiary/aromatic N) is 3.